The Labute approximate surface area is 447 Å². The van der Waals surface area contributed by atoms with Crippen LogP contribution in [-0.4, -0.2) is 37.2 Å². The number of esters is 3. The average molecular weight is 1000 g/mol. The summed E-state index contributed by atoms with van der Waals surface area (Å²) in [6, 6.07) is 0. The first-order valence-electron chi connectivity index (χ1n) is 28.6. The molecule has 0 rings (SSSR count). The Hall–Kier alpha value is -5.23. The third-order valence-electron chi connectivity index (χ3n) is 11.2. The maximum atomic E-state index is 12.8. The summed E-state index contributed by atoms with van der Waals surface area (Å²) in [4.78, 5) is 38.2. The molecule has 0 saturated heterocycles. The van der Waals surface area contributed by atoms with E-state index in [1.807, 2.05) is 0 Å². The van der Waals surface area contributed by atoms with Crippen molar-refractivity contribution in [1.29, 1.82) is 0 Å². The fourth-order valence-corrected chi connectivity index (χ4v) is 6.96. The van der Waals surface area contributed by atoms with Gasteiger partial charge in [0.15, 0.2) is 6.10 Å². The lowest BCUT2D eigenvalue weighted by molar-refractivity contribution is -0.167. The molecule has 0 aromatic heterocycles. The van der Waals surface area contributed by atoms with Crippen molar-refractivity contribution in [1.82, 2.24) is 0 Å². The maximum absolute atomic E-state index is 12.8. The number of hydrogen-bond acceptors (Lipinski definition) is 6. The number of hydrogen-bond donors (Lipinski definition) is 0. The second-order valence-corrected chi connectivity index (χ2v) is 18.1. The molecule has 0 fully saturated rings. The van der Waals surface area contributed by atoms with Crippen molar-refractivity contribution < 1.29 is 28.6 Å². The highest BCUT2D eigenvalue weighted by Crippen LogP contribution is 2.11. The van der Waals surface area contributed by atoms with E-state index >= 15 is 0 Å². The van der Waals surface area contributed by atoms with Gasteiger partial charge in [-0.15, -0.1) is 0 Å². The van der Waals surface area contributed by atoms with Crippen LogP contribution in [0.5, 0.6) is 0 Å². The van der Waals surface area contributed by atoms with Crippen molar-refractivity contribution in [3.05, 3.63) is 170 Å². The van der Waals surface area contributed by atoms with Gasteiger partial charge in [-0.3, -0.25) is 14.4 Å². The van der Waals surface area contributed by atoms with E-state index in [1.54, 1.807) is 0 Å². The summed E-state index contributed by atoms with van der Waals surface area (Å²) in [5.41, 5.74) is 0. The molecule has 0 amide bonds. The molecule has 6 heteroatoms. The summed E-state index contributed by atoms with van der Waals surface area (Å²) >= 11 is 0. The average Bonchev–Trinajstić information content (AvgIpc) is 3.39. The number of unbranched alkanes of at least 4 members (excludes halogenated alkanes) is 10. The highest BCUT2D eigenvalue weighted by atomic mass is 16.6. The molecule has 0 aliphatic heterocycles. The maximum Gasteiger partial charge on any atom is 0.306 e. The predicted molar refractivity (Wildman–Crippen MR) is 315 cm³/mol. The Balaban J connectivity index is 4.64. The van der Waals surface area contributed by atoms with Crippen LogP contribution in [0, 0.1) is 0 Å². The van der Waals surface area contributed by atoms with Gasteiger partial charge < -0.3 is 14.2 Å². The van der Waals surface area contributed by atoms with Crippen molar-refractivity contribution >= 4 is 17.9 Å². The van der Waals surface area contributed by atoms with Gasteiger partial charge in [-0.2, -0.15) is 0 Å². The first kappa shape index (κ1) is 67.8. The van der Waals surface area contributed by atoms with Crippen molar-refractivity contribution in [2.24, 2.45) is 0 Å². The van der Waals surface area contributed by atoms with E-state index in [1.165, 1.54) is 25.7 Å². The molecule has 406 valence electrons. The van der Waals surface area contributed by atoms with Gasteiger partial charge in [-0.25, -0.2) is 0 Å². The molecule has 0 heterocycles. The third kappa shape index (κ3) is 57.5. The van der Waals surface area contributed by atoms with E-state index in [9.17, 15) is 14.4 Å². The Kier molecular flexibility index (Phi) is 55.1. The summed E-state index contributed by atoms with van der Waals surface area (Å²) in [7, 11) is 0. The fraction of sp³-hybridized carbons (Fsp3) is 0.537. The lowest BCUT2D eigenvalue weighted by atomic mass is 10.1. The van der Waals surface area contributed by atoms with Gasteiger partial charge in [0.05, 0.1) is 0 Å². The normalized spacial score (nSPS) is 13.0. The molecular formula is C67H102O6. The first-order valence-corrected chi connectivity index (χ1v) is 28.6. The Morgan fingerprint density at radius 3 is 0.849 bits per heavy atom. The van der Waals surface area contributed by atoms with Gasteiger partial charge in [-0.05, 0) is 148 Å². The molecule has 6 nitrogen and oxygen atoms in total. The zero-order valence-corrected chi connectivity index (χ0v) is 46.3. The smallest absolute Gasteiger partial charge is 0.306 e. The lowest BCUT2D eigenvalue weighted by Crippen LogP contribution is -2.30. The first-order chi connectivity index (χ1) is 36.0. The van der Waals surface area contributed by atoms with Crippen LogP contribution in [0.25, 0.3) is 0 Å². The number of ether oxygens (including phenoxy) is 3. The molecule has 0 aliphatic carbocycles. The van der Waals surface area contributed by atoms with Crippen LogP contribution in [0.4, 0.5) is 0 Å². The Morgan fingerprint density at radius 1 is 0.288 bits per heavy atom. The van der Waals surface area contributed by atoms with Crippen LogP contribution in [0.1, 0.15) is 213 Å². The number of allylic oxidation sites excluding steroid dienone is 28. The van der Waals surface area contributed by atoms with E-state index < -0.39 is 12.1 Å². The van der Waals surface area contributed by atoms with E-state index in [-0.39, 0.29) is 31.6 Å². The molecule has 0 unspecified atom stereocenters. The monoisotopic (exact) mass is 1000 g/mol. The molecule has 0 atom stereocenters. The summed E-state index contributed by atoms with van der Waals surface area (Å²) < 4.78 is 16.8. The second kappa shape index (κ2) is 59.3. The van der Waals surface area contributed by atoms with Crippen LogP contribution >= 0.6 is 0 Å². The van der Waals surface area contributed by atoms with Crippen LogP contribution in [0.3, 0.4) is 0 Å². The van der Waals surface area contributed by atoms with E-state index in [2.05, 4.69) is 191 Å². The SMILES string of the molecule is CC/C=C\C/C=C\C/C=C\C/C=C\C/C=C\CCCCCC(=O)OCC(COC(=O)CCCCC/C=C\C/C=C\C/C=C\C/C=C\C/C=C\CC)OC(=O)CCC/C=C\C/C=C\C/C=C\C/C=C\CCCCC. The van der Waals surface area contributed by atoms with Crippen LogP contribution in [-0.2, 0) is 28.6 Å². The van der Waals surface area contributed by atoms with Crippen LogP contribution in [0.2, 0.25) is 0 Å². The van der Waals surface area contributed by atoms with Gasteiger partial charge in [0.1, 0.15) is 13.2 Å². The van der Waals surface area contributed by atoms with Gasteiger partial charge >= 0.3 is 17.9 Å². The summed E-state index contributed by atoms with van der Waals surface area (Å²) in [5.74, 6) is -1.07. The molecule has 0 bridgehead atoms. The van der Waals surface area contributed by atoms with Crippen molar-refractivity contribution in [2.75, 3.05) is 13.2 Å². The van der Waals surface area contributed by atoms with E-state index in [0.717, 1.165) is 141 Å². The zero-order chi connectivity index (χ0) is 52.9. The molecule has 0 radical (unpaired) electrons. The molecule has 0 aromatic rings. The summed E-state index contributed by atoms with van der Waals surface area (Å²) in [5, 5.41) is 0. The van der Waals surface area contributed by atoms with E-state index in [4.69, 9.17) is 14.2 Å². The van der Waals surface area contributed by atoms with Crippen molar-refractivity contribution in [3.8, 4) is 0 Å². The lowest BCUT2D eigenvalue weighted by Gasteiger charge is -2.18. The van der Waals surface area contributed by atoms with Gasteiger partial charge in [-0.1, -0.05) is 217 Å². The fourth-order valence-electron chi connectivity index (χ4n) is 6.96. The molecule has 0 aromatic carbocycles. The minimum atomic E-state index is -0.845. The quantitative estimate of drug-likeness (QED) is 0.0261. The minimum Gasteiger partial charge on any atom is -0.462 e. The van der Waals surface area contributed by atoms with Gasteiger partial charge in [0, 0.05) is 19.3 Å². The van der Waals surface area contributed by atoms with Crippen molar-refractivity contribution in [2.45, 2.75) is 219 Å². The number of carbonyl (C=O) groups is 3. The number of rotatable bonds is 49. The van der Waals surface area contributed by atoms with Gasteiger partial charge in [0.2, 0.25) is 0 Å². The van der Waals surface area contributed by atoms with Crippen molar-refractivity contribution in [3.63, 3.8) is 0 Å². The Morgan fingerprint density at radius 2 is 0.548 bits per heavy atom. The molecule has 0 spiro atoms. The molecule has 0 saturated carbocycles. The molecule has 0 N–H and O–H groups in total. The molecule has 73 heavy (non-hydrogen) atoms. The summed E-state index contributed by atoms with van der Waals surface area (Å²) in [6.07, 6.45) is 87.7. The highest BCUT2D eigenvalue weighted by molar-refractivity contribution is 5.71. The van der Waals surface area contributed by atoms with Gasteiger partial charge in [0.25, 0.3) is 0 Å². The minimum absolute atomic E-state index is 0.137. The third-order valence-corrected chi connectivity index (χ3v) is 11.2. The summed E-state index contributed by atoms with van der Waals surface area (Å²) in [6.45, 7) is 6.26. The molecular weight excluding hydrogens is 901 g/mol. The zero-order valence-electron chi connectivity index (χ0n) is 46.3. The topological polar surface area (TPSA) is 78.9 Å². The number of carbonyl (C=O) groups excluding carboxylic acids is 3. The Bertz CT molecular complexity index is 1630. The predicted octanol–water partition coefficient (Wildman–Crippen LogP) is 19.5. The second-order valence-electron chi connectivity index (χ2n) is 18.1. The molecule has 0 aliphatic rings. The van der Waals surface area contributed by atoms with Crippen LogP contribution < -0.4 is 0 Å². The largest absolute Gasteiger partial charge is 0.462 e. The highest BCUT2D eigenvalue weighted by Gasteiger charge is 2.19. The van der Waals surface area contributed by atoms with Crippen LogP contribution in [0.15, 0.2) is 170 Å². The van der Waals surface area contributed by atoms with E-state index in [0.29, 0.717) is 19.3 Å². The standard InChI is InChI=1S/C67H102O6/c1-4-7-10-13-16-19-22-25-28-31-33-36-38-41-44-47-50-53-56-59-65(68)71-62-64(73-67(70)61-58-55-52-49-46-43-40-35-30-27-24-21-18-15-12-9-6-3)63-72-66(69)60-57-54-51-48-45-42-39-37-34-32-29-26-23-20-17-14-11-8-5-2/h7-8,10-11,16-21,25-30,33-34,36-37,40-45,49,52,64H,4-6,9,12-15,22-24,31-32,35,38-39,46-48,50-51,53-63H2,1-3H3/b10-7-,11-8-,19-16-,20-17-,21-18-,28-25-,29-26-,30-27-,36-33-,37-34-,43-40-,44-41-,45-42-,52-49-.